The van der Waals surface area contributed by atoms with Gasteiger partial charge in [-0.05, 0) is 43.5 Å². The normalized spacial score (nSPS) is 28.9. The van der Waals surface area contributed by atoms with Crippen LogP contribution in [0.15, 0.2) is 49.6 Å². The number of alkyl halides is 1. The Balaban J connectivity index is 1.73. The van der Waals surface area contributed by atoms with E-state index in [1.807, 2.05) is 0 Å². The van der Waals surface area contributed by atoms with Gasteiger partial charge in [0.05, 0.1) is 17.9 Å². The molecule has 8 nitrogen and oxygen atoms in total. The summed E-state index contributed by atoms with van der Waals surface area (Å²) in [4.78, 5) is 46.9. The molecule has 3 amide bonds. The minimum atomic E-state index is -1.13. The van der Waals surface area contributed by atoms with Crippen LogP contribution in [-0.4, -0.2) is 88.5 Å². The van der Waals surface area contributed by atoms with Crippen molar-refractivity contribution < 1.29 is 24.2 Å². The lowest BCUT2D eigenvalue weighted by Gasteiger charge is -2.37. The lowest BCUT2D eigenvalue weighted by molar-refractivity contribution is -0.144. The summed E-state index contributed by atoms with van der Waals surface area (Å²) in [5.41, 5.74) is -0.486. The predicted octanol–water partition coefficient (Wildman–Crippen LogP) is 3.80. The van der Waals surface area contributed by atoms with E-state index in [9.17, 15) is 14.4 Å². The van der Waals surface area contributed by atoms with E-state index in [-0.39, 0.29) is 35.7 Å². The zero-order valence-electron chi connectivity index (χ0n) is 22.3. The van der Waals surface area contributed by atoms with Gasteiger partial charge in [-0.2, -0.15) is 0 Å². The van der Waals surface area contributed by atoms with Crippen LogP contribution in [0.2, 0.25) is 5.02 Å². The average Bonchev–Trinajstić information content (AvgIpc) is 3.50. The molecule has 3 fully saturated rings. The second-order valence-corrected chi connectivity index (χ2v) is 12.2. The number of fused-ring (bicyclic) bond motifs is 1. The molecule has 3 heterocycles. The Hall–Kier alpha value is -2.20. The highest BCUT2D eigenvalue weighted by atomic mass is 79.9. The van der Waals surface area contributed by atoms with E-state index in [1.54, 1.807) is 58.2 Å². The van der Waals surface area contributed by atoms with Crippen molar-refractivity contribution >= 4 is 50.9 Å². The fourth-order valence-corrected chi connectivity index (χ4v) is 7.51. The van der Waals surface area contributed by atoms with Gasteiger partial charge in [-0.25, -0.2) is 0 Å². The van der Waals surface area contributed by atoms with Crippen molar-refractivity contribution in [3.8, 4) is 0 Å². The van der Waals surface area contributed by atoms with Crippen molar-refractivity contribution in [3.05, 3.63) is 54.6 Å². The molecule has 0 radical (unpaired) electrons. The van der Waals surface area contributed by atoms with Gasteiger partial charge in [-0.15, -0.1) is 13.2 Å². The molecule has 3 saturated heterocycles. The number of likely N-dealkylation sites (tertiary alicyclic amines) is 1. The number of halogens is 2. The van der Waals surface area contributed by atoms with E-state index < -0.39 is 29.6 Å². The Morgan fingerprint density at radius 1 is 1.15 bits per heavy atom. The van der Waals surface area contributed by atoms with Crippen molar-refractivity contribution in [2.45, 2.75) is 54.7 Å². The van der Waals surface area contributed by atoms with Gasteiger partial charge in [0.1, 0.15) is 11.6 Å². The van der Waals surface area contributed by atoms with Crippen LogP contribution in [0.25, 0.3) is 0 Å². The third kappa shape index (κ3) is 5.43. The minimum Gasteiger partial charge on any atom is -0.396 e. The summed E-state index contributed by atoms with van der Waals surface area (Å²) in [6.07, 6.45) is 6.24. The van der Waals surface area contributed by atoms with E-state index >= 15 is 0 Å². The largest absolute Gasteiger partial charge is 0.396 e. The number of nitrogens with zero attached hydrogens (tertiary/aromatic N) is 3. The Labute approximate surface area is 243 Å². The molecule has 0 aromatic heterocycles. The highest BCUT2D eigenvalue weighted by Gasteiger charge is 2.76. The maximum absolute atomic E-state index is 14.5. The Kier molecular flexibility index (Phi) is 9.57. The smallest absolute Gasteiger partial charge is 0.253 e. The molecule has 3 aliphatic heterocycles. The molecule has 6 atom stereocenters. The molecule has 2 bridgehead atoms. The van der Waals surface area contributed by atoms with Gasteiger partial charge in [0.15, 0.2) is 0 Å². The molecule has 10 heteroatoms. The monoisotopic (exact) mass is 621 g/mol. The standard InChI is InChI=1S/C29H37BrClN3O5/c1-4-14-32(3)26(36)22-23-27(37)34(16-8-6-7-9-17-35)25(29(23)18-21(30)24(22)39-29)28(38)33(15-5-2)20-12-10-19(31)11-13-20/h4-5,10-13,21-25,35H,1-2,6-9,14-18H2,3H3/t21?,22-,23+,24-,25?,29?/m1/s1. The first-order valence-corrected chi connectivity index (χ1v) is 14.8. The van der Waals surface area contributed by atoms with Crippen molar-refractivity contribution in [1.82, 2.24) is 9.80 Å². The quantitative estimate of drug-likeness (QED) is 0.205. The average molecular weight is 623 g/mol. The summed E-state index contributed by atoms with van der Waals surface area (Å²) in [5.74, 6) is -2.11. The lowest BCUT2D eigenvalue weighted by atomic mass is 9.70. The number of hydrogen-bond donors (Lipinski definition) is 1. The SMILES string of the molecule is C=CCN(C)C(=O)[C@H]1[C@@H]2OC3(CC2Br)C(C(=O)N(CC=C)c2ccc(Cl)cc2)N(CCCCCCO)C(=O)[C@H]13. The molecule has 212 valence electrons. The topological polar surface area (TPSA) is 90.4 Å². The first-order valence-electron chi connectivity index (χ1n) is 13.5. The number of anilines is 1. The first-order chi connectivity index (χ1) is 18.7. The fourth-order valence-electron chi connectivity index (χ4n) is 6.44. The Morgan fingerprint density at radius 2 is 1.82 bits per heavy atom. The van der Waals surface area contributed by atoms with Crippen LogP contribution >= 0.6 is 27.5 Å². The van der Waals surface area contributed by atoms with E-state index in [4.69, 9.17) is 21.4 Å². The van der Waals surface area contributed by atoms with Gasteiger partial charge >= 0.3 is 0 Å². The zero-order valence-corrected chi connectivity index (χ0v) is 24.6. The van der Waals surface area contributed by atoms with Gasteiger partial charge < -0.3 is 24.5 Å². The molecule has 1 spiro atoms. The lowest BCUT2D eigenvalue weighted by Crippen LogP contribution is -2.57. The third-order valence-corrected chi connectivity index (χ3v) is 9.21. The summed E-state index contributed by atoms with van der Waals surface area (Å²) in [6.45, 7) is 8.65. The van der Waals surface area contributed by atoms with Crippen LogP contribution in [0.5, 0.6) is 0 Å². The number of unbranched alkanes of at least 4 members (excludes halogenated alkanes) is 3. The zero-order chi connectivity index (χ0) is 28.3. The highest BCUT2D eigenvalue weighted by molar-refractivity contribution is 9.09. The number of aliphatic hydroxyl groups is 1. The van der Waals surface area contributed by atoms with Gasteiger partial charge in [-0.1, -0.05) is 52.5 Å². The molecule has 0 aliphatic carbocycles. The fraction of sp³-hybridized carbons (Fsp3) is 0.552. The third-order valence-electron chi connectivity index (χ3n) is 8.11. The number of likely N-dealkylation sites (N-methyl/N-ethyl adjacent to an activating group) is 1. The van der Waals surface area contributed by atoms with Gasteiger partial charge in [0.2, 0.25) is 11.8 Å². The van der Waals surface area contributed by atoms with Crippen molar-refractivity contribution in [1.29, 1.82) is 0 Å². The van der Waals surface area contributed by atoms with Crippen LogP contribution in [0, 0.1) is 11.8 Å². The van der Waals surface area contributed by atoms with Crippen LogP contribution in [0.1, 0.15) is 32.1 Å². The van der Waals surface area contributed by atoms with Crippen LogP contribution in [0.4, 0.5) is 5.69 Å². The molecule has 3 aliphatic rings. The molecule has 1 aromatic rings. The molecule has 3 unspecified atom stereocenters. The second-order valence-electron chi connectivity index (χ2n) is 10.6. The van der Waals surface area contributed by atoms with Crippen molar-refractivity contribution in [2.24, 2.45) is 11.8 Å². The summed E-state index contributed by atoms with van der Waals surface area (Å²) in [6, 6.07) is 6.08. The molecule has 4 rings (SSSR count). The number of hydrogen-bond acceptors (Lipinski definition) is 5. The molecule has 1 aromatic carbocycles. The summed E-state index contributed by atoms with van der Waals surface area (Å²) in [7, 11) is 1.69. The molecule has 0 saturated carbocycles. The maximum Gasteiger partial charge on any atom is 0.253 e. The van der Waals surface area contributed by atoms with Gasteiger partial charge in [0, 0.05) is 48.8 Å². The number of ether oxygens (including phenoxy) is 1. The number of carbonyl (C=O) groups is 3. The van der Waals surface area contributed by atoms with E-state index in [1.165, 1.54) is 0 Å². The Bertz CT molecular complexity index is 1100. The van der Waals surface area contributed by atoms with Crippen molar-refractivity contribution in [3.63, 3.8) is 0 Å². The summed E-state index contributed by atoms with van der Waals surface area (Å²) >= 11 is 9.83. The molecular formula is C29H37BrClN3O5. The molecule has 1 N–H and O–H groups in total. The maximum atomic E-state index is 14.5. The van der Waals surface area contributed by atoms with Crippen molar-refractivity contribution in [2.75, 3.05) is 38.2 Å². The Morgan fingerprint density at radius 3 is 2.46 bits per heavy atom. The van der Waals surface area contributed by atoms with E-state index in [0.717, 1.165) is 12.8 Å². The van der Waals surface area contributed by atoms with E-state index in [0.29, 0.717) is 43.1 Å². The van der Waals surface area contributed by atoms with Crippen LogP contribution in [0.3, 0.4) is 0 Å². The van der Waals surface area contributed by atoms with Crippen LogP contribution in [-0.2, 0) is 19.1 Å². The summed E-state index contributed by atoms with van der Waals surface area (Å²) < 4.78 is 6.61. The first kappa shape index (κ1) is 29.8. The number of carbonyl (C=O) groups excluding carboxylic acids is 3. The van der Waals surface area contributed by atoms with Gasteiger partial charge in [-0.3, -0.25) is 14.4 Å². The van der Waals surface area contributed by atoms with E-state index in [2.05, 4.69) is 29.1 Å². The highest BCUT2D eigenvalue weighted by Crippen LogP contribution is 2.60. The predicted molar refractivity (Wildman–Crippen MR) is 155 cm³/mol. The summed E-state index contributed by atoms with van der Waals surface area (Å²) in [5, 5.41) is 9.70. The number of aliphatic hydroxyl groups excluding tert-OH is 1. The van der Waals surface area contributed by atoms with Gasteiger partial charge in [0.25, 0.3) is 5.91 Å². The number of benzene rings is 1. The number of rotatable bonds is 13. The number of amides is 3. The van der Waals surface area contributed by atoms with Crippen LogP contribution < -0.4 is 4.90 Å². The molecular weight excluding hydrogens is 586 g/mol. The second kappa shape index (κ2) is 12.5. The minimum absolute atomic E-state index is 0.121. The molecule has 39 heavy (non-hydrogen) atoms.